The molecule has 0 saturated heterocycles. The lowest BCUT2D eigenvalue weighted by Gasteiger charge is -2.08. The molecule has 2 heterocycles. The Morgan fingerprint density at radius 1 is 1.17 bits per heavy atom. The van der Waals surface area contributed by atoms with Crippen LogP contribution in [-0.4, -0.2) is 13.1 Å². The van der Waals surface area contributed by atoms with Crippen molar-refractivity contribution >= 4 is 38.4 Å². The molecule has 7 heteroatoms. The molecule has 29 heavy (non-hydrogen) atoms. The van der Waals surface area contributed by atoms with Crippen LogP contribution in [0.2, 0.25) is 0 Å². The first-order valence-corrected chi connectivity index (χ1v) is 9.69. The van der Waals surface area contributed by atoms with Crippen LogP contribution in [-0.2, 0) is 22.7 Å². The number of ether oxygens (including phenoxy) is 2. The highest BCUT2D eigenvalue weighted by molar-refractivity contribution is 7.21. The lowest BCUT2D eigenvalue weighted by molar-refractivity contribution is 0.0475. The number of hydrogen-bond acceptors (Lipinski definition) is 6. The van der Waals surface area contributed by atoms with E-state index in [9.17, 15) is 14.0 Å². The average molecular weight is 412 g/mol. The molecule has 0 N–H and O–H groups in total. The molecule has 0 saturated carbocycles. The van der Waals surface area contributed by atoms with Crippen LogP contribution in [0.4, 0.5) is 4.39 Å². The van der Waals surface area contributed by atoms with Crippen LogP contribution in [0.15, 0.2) is 51.7 Å². The second-order valence-corrected chi connectivity index (χ2v) is 7.67. The molecular weight excluding hydrogens is 395 g/mol. The molecule has 0 fully saturated rings. The molecule has 0 aliphatic heterocycles. The minimum absolute atomic E-state index is 0.0858. The molecule has 0 aliphatic carbocycles. The average Bonchev–Trinajstić information content (AvgIpc) is 3.05. The van der Waals surface area contributed by atoms with Crippen LogP contribution >= 0.6 is 11.3 Å². The normalized spacial score (nSPS) is 11.3. The number of carbonyl (C=O) groups excluding carboxylic acids is 1. The Morgan fingerprint density at radius 3 is 2.79 bits per heavy atom. The first kappa shape index (κ1) is 19.3. The largest absolute Gasteiger partial charge is 0.457 e. The highest BCUT2D eigenvalue weighted by Crippen LogP contribution is 2.34. The molecular formula is C22H17FO5S. The molecule has 0 unspecified atom stereocenters. The highest BCUT2D eigenvalue weighted by Gasteiger charge is 2.22. The quantitative estimate of drug-likeness (QED) is 0.342. The molecule has 148 valence electrons. The van der Waals surface area contributed by atoms with Crippen molar-refractivity contribution < 1.29 is 23.1 Å². The molecule has 0 bridgehead atoms. The zero-order valence-corrected chi connectivity index (χ0v) is 16.6. The second-order valence-electron chi connectivity index (χ2n) is 6.62. The fourth-order valence-electron chi connectivity index (χ4n) is 3.28. The van der Waals surface area contributed by atoms with Crippen molar-refractivity contribution in [3.05, 3.63) is 80.3 Å². The van der Waals surface area contributed by atoms with Gasteiger partial charge in [0.15, 0.2) is 0 Å². The Balaban J connectivity index is 1.68. The topological polar surface area (TPSA) is 65.7 Å². The minimum Gasteiger partial charge on any atom is -0.457 e. The zero-order valence-electron chi connectivity index (χ0n) is 15.8. The van der Waals surface area contributed by atoms with Crippen LogP contribution in [0.3, 0.4) is 0 Å². The summed E-state index contributed by atoms with van der Waals surface area (Å²) in [6.07, 6.45) is 0. The number of hydrogen-bond donors (Lipinski definition) is 0. The number of fused-ring (bicyclic) bond motifs is 2. The van der Waals surface area contributed by atoms with Gasteiger partial charge in [-0.05, 0) is 30.7 Å². The summed E-state index contributed by atoms with van der Waals surface area (Å²) in [4.78, 5) is 24.9. The molecule has 4 rings (SSSR count). The van der Waals surface area contributed by atoms with Gasteiger partial charge in [0.25, 0.3) is 0 Å². The minimum atomic E-state index is -0.592. The lowest BCUT2D eigenvalue weighted by atomic mass is 10.1. The van der Waals surface area contributed by atoms with Crippen LogP contribution in [0.25, 0.3) is 21.1 Å². The van der Waals surface area contributed by atoms with Gasteiger partial charge in [-0.2, -0.15) is 0 Å². The van der Waals surface area contributed by atoms with Crippen molar-refractivity contribution in [1.82, 2.24) is 0 Å². The van der Waals surface area contributed by atoms with E-state index >= 15 is 0 Å². The predicted molar refractivity (Wildman–Crippen MR) is 109 cm³/mol. The zero-order chi connectivity index (χ0) is 20.5. The molecule has 0 aliphatic rings. The van der Waals surface area contributed by atoms with Gasteiger partial charge in [0.05, 0.1) is 6.61 Å². The molecule has 0 radical (unpaired) electrons. The SMILES string of the molecule is COCc1c(C(=O)OCc2cc(=O)oc3cc(C)ccc23)sc2cccc(F)c12. The highest BCUT2D eigenvalue weighted by atomic mass is 32.1. The van der Waals surface area contributed by atoms with Crippen LogP contribution in [0.1, 0.15) is 26.4 Å². The van der Waals surface area contributed by atoms with Crippen molar-refractivity contribution in [2.24, 2.45) is 0 Å². The lowest BCUT2D eigenvalue weighted by Crippen LogP contribution is -2.09. The number of carbonyl (C=O) groups is 1. The van der Waals surface area contributed by atoms with Crippen molar-refractivity contribution in [2.45, 2.75) is 20.1 Å². The van der Waals surface area contributed by atoms with E-state index in [2.05, 4.69) is 0 Å². The maximum Gasteiger partial charge on any atom is 0.349 e. The van der Waals surface area contributed by atoms with E-state index in [4.69, 9.17) is 13.9 Å². The van der Waals surface area contributed by atoms with Gasteiger partial charge in [0.2, 0.25) is 0 Å². The Labute approximate surface area is 169 Å². The first-order chi connectivity index (χ1) is 14.0. The van der Waals surface area contributed by atoms with E-state index in [0.717, 1.165) is 16.9 Å². The van der Waals surface area contributed by atoms with Crippen molar-refractivity contribution in [3.8, 4) is 0 Å². The van der Waals surface area contributed by atoms with E-state index in [1.165, 1.54) is 19.2 Å². The van der Waals surface area contributed by atoms with E-state index in [1.54, 1.807) is 18.2 Å². The van der Waals surface area contributed by atoms with E-state index in [-0.39, 0.29) is 18.1 Å². The van der Waals surface area contributed by atoms with Crippen LogP contribution in [0, 0.1) is 12.7 Å². The number of methoxy groups -OCH3 is 1. The number of rotatable bonds is 5. The summed E-state index contributed by atoms with van der Waals surface area (Å²) < 4.78 is 30.8. The van der Waals surface area contributed by atoms with Crippen LogP contribution in [0.5, 0.6) is 0 Å². The summed E-state index contributed by atoms with van der Waals surface area (Å²) in [5, 5.41) is 1.06. The molecule has 2 aromatic heterocycles. The number of halogens is 1. The van der Waals surface area contributed by atoms with Gasteiger partial charge in [-0.25, -0.2) is 14.0 Å². The van der Waals surface area contributed by atoms with Crippen molar-refractivity contribution in [1.29, 1.82) is 0 Å². The van der Waals surface area contributed by atoms with E-state index in [1.807, 2.05) is 19.1 Å². The Kier molecular flexibility index (Phi) is 5.17. The number of esters is 1. The summed E-state index contributed by atoms with van der Waals surface area (Å²) in [6, 6.07) is 11.5. The van der Waals surface area contributed by atoms with Crippen molar-refractivity contribution in [2.75, 3.05) is 7.11 Å². The van der Waals surface area contributed by atoms with E-state index in [0.29, 0.717) is 32.2 Å². The fraction of sp³-hybridized carbons (Fsp3) is 0.182. The standard InChI is InChI=1S/C22H17FO5S/c1-12-6-7-14-13(9-19(24)28-17(14)8-12)10-27-22(25)21-15(11-26-2)20-16(23)4-3-5-18(20)29-21/h3-9H,10-11H2,1-2H3. The summed E-state index contributed by atoms with van der Waals surface area (Å²) in [5.41, 5.74) is 1.88. The third kappa shape index (κ3) is 3.66. The first-order valence-electron chi connectivity index (χ1n) is 8.87. The summed E-state index contributed by atoms with van der Waals surface area (Å²) in [7, 11) is 1.48. The van der Waals surface area contributed by atoms with Gasteiger partial charge in [-0.3, -0.25) is 0 Å². The Hall–Kier alpha value is -3.03. The molecule has 0 atom stereocenters. The molecule has 0 spiro atoms. The number of thiophene rings is 1. The van der Waals surface area contributed by atoms with E-state index < -0.39 is 17.4 Å². The summed E-state index contributed by atoms with van der Waals surface area (Å²) >= 11 is 1.16. The van der Waals surface area contributed by atoms with Gasteiger partial charge < -0.3 is 13.9 Å². The molecule has 2 aromatic carbocycles. The molecule has 5 nitrogen and oxygen atoms in total. The van der Waals surface area contributed by atoms with Gasteiger partial charge in [0, 0.05) is 39.8 Å². The van der Waals surface area contributed by atoms with Gasteiger partial charge in [0.1, 0.15) is 22.9 Å². The summed E-state index contributed by atoms with van der Waals surface area (Å²) in [5.74, 6) is -1.00. The Bertz CT molecular complexity index is 1290. The Morgan fingerprint density at radius 2 is 2.00 bits per heavy atom. The molecule has 0 amide bonds. The van der Waals surface area contributed by atoms with Crippen LogP contribution < -0.4 is 5.63 Å². The second kappa shape index (κ2) is 7.77. The molecule has 4 aromatic rings. The van der Waals surface area contributed by atoms with Gasteiger partial charge in [-0.15, -0.1) is 11.3 Å². The van der Waals surface area contributed by atoms with Crippen molar-refractivity contribution in [3.63, 3.8) is 0 Å². The maximum atomic E-state index is 14.3. The summed E-state index contributed by atoms with van der Waals surface area (Å²) in [6.45, 7) is 1.87. The van der Waals surface area contributed by atoms with Gasteiger partial charge >= 0.3 is 11.6 Å². The maximum absolute atomic E-state index is 14.3. The third-order valence-corrected chi connectivity index (χ3v) is 5.76. The number of benzene rings is 2. The van der Waals surface area contributed by atoms with Gasteiger partial charge in [-0.1, -0.05) is 18.2 Å². The predicted octanol–water partition coefficient (Wildman–Crippen LogP) is 4.96. The third-order valence-electron chi connectivity index (χ3n) is 4.58. The fourth-order valence-corrected chi connectivity index (χ4v) is 4.40. The smallest absolute Gasteiger partial charge is 0.349 e. The number of aryl methyl sites for hydroxylation is 1. The monoisotopic (exact) mass is 412 g/mol.